The number of aromatic nitrogens is 1. The number of fused-ring (bicyclic) bond motifs is 1. The first-order chi connectivity index (χ1) is 14.4. The SMILES string of the molecule is Cc1c([C@@H](O)CN2CCC3(CC2)CCN(c2nc(Cl)cs2)C3)ccc2c1COC2=O. The Kier molecular flexibility index (Phi) is 5.25. The van der Waals surface area contributed by atoms with Crippen LogP contribution in [0.4, 0.5) is 5.13 Å². The van der Waals surface area contributed by atoms with Crippen LogP contribution in [0.3, 0.4) is 0 Å². The van der Waals surface area contributed by atoms with E-state index in [0.717, 1.165) is 60.8 Å². The molecule has 3 aliphatic heterocycles. The second-order valence-electron chi connectivity index (χ2n) is 8.82. The quantitative estimate of drug-likeness (QED) is 0.719. The standard InChI is InChI=1S/C22H26ClN3O3S/c1-14-15(2-3-16-17(14)11-29-20(16)28)18(27)10-25-7-4-22(5-8-25)6-9-26(13-22)21-24-19(23)12-30-21/h2-3,12,18,27H,4-11,13H2,1H3/t18-/m0/s1. The molecule has 1 aromatic heterocycles. The molecule has 2 saturated heterocycles. The van der Waals surface area contributed by atoms with Gasteiger partial charge in [-0.05, 0) is 61.9 Å². The molecule has 0 amide bonds. The molecule has 30 heavy (non-hydrogen) atoms. The Balaban J connectivity index is 1.19. The van der Waals surface area contributed by atoms with Gasteiger partial charge in [-0.3, -0.25) is 0 Å². The smallest absolute Gasteiger partial charge is 0.338 e. The molecule has 4 heterocycles. The maximum Gasteiger partial charge on any atom is 0.338 e. The number of anilines is 1. The average molecular weight is 448 g/mol. The van der Waals surface area contributed by atoms with Crippen molar-refractivity contribution in [1.29, 1.82) is 0 Å². The molecular weight excluding hydrogens is 422 g/mol. The largest absolute Gasteiger partial charge is 0.457 e. The van der Waals surface area contributed by atoms with Crippen LogP contribution in [0.1, 0.15) is 52.4 Å². The van der Waals surface area contributed by atoms with Crippen LogP contribution in [0, 0.1) is 12.3 Å². The van der Waals surface area contributed by atoms with E-state index >= 15 is 0 Å². The van der Waals surface area contributed by atoms with Crippen molar-refractivity contribution in [3.8, 4) is 0 Å². The van der Waals surface area contributed by atoms with Gasteiger partial charge in [0.25, 0.3) is 0 Å². The summed E-state index contributed by atoms with van der Waals surface area (Å²) in [4.78, 5) is 20.9. The van der Waals surface area contributed by atoms with E-state index in [1.807, 2.05) is 18.4 Å². The van der Waals surface area contributed by atoms with Crippen LogP contribution < -0.4 is 4.90 Å². The third kappa shape index (κ3) is 3.62. The summed E-state index contributed by atoms with van der Waals surface area (Å²) in [5, 5.41) is 14.4. The number of aliphatic hydroxyl groups excluding tert-OH is 1. The molecule has 8 heteroatoms. The number of β-amino-alcohol motifs (C(OH)–C–C–N with tert-alkyl or cyclic N) is 1. The summed E-state index contributed by atoms with van der Waals surface area (Å²) < 4.78 is 5.14. The number of aliphatic hydroxyl groups is 1. The van der Waals surface area contributed by atoms with Crippen molar-refractivity contribution in [3.63, 3.8) is 0 Å². The number of hydrogen-bond donors (Lipinski definition) is 1. The van der Waals surface area contributed by atoms with Crippen molar-refractivity contribution in [2.75, 3.05) is 37.6 Å². The third-order valence-electron chi connectivity index (χ3n) is 7.09. The number of likely N-dealkylation sites (tertiary alicyclic amines) is 1. The minimum Gasteiger partial charge on any atom is -0.457 e. The van der Waals surface area contributed by atoms with E-state index in [0.29, 0.717) is 29.3 Å². The van der Waals surface area contributed by atoms with Crippen LogP contribution in [0.5, 0.6) is 0 Å². The molecule has 0 radical (unpaired) electrons. The van der Waals surface area contributed by atoms with Gasteiger partial charge in [0.2, 0.25) is 0 Å². The molecule has 1 spiro atoms. The Labute approximate surface area is 185 Å². The van der Waals surface area contributed by atoms with Crippen molar-refractivity contribution in [2.24, 2.45) is 5.41 Å². The van der Waals surface area contributed by atoms with Crippen LogP contribution in [0.2, 0.25) is 5.15 Å². The molecule has 0 unspecified atom stereocenters. The maximum atomic E-state index is 11.7. The minimum absolute atomic E-state index is 0.263. The topological polar surface area (TPSA) is 65.9 Å². The first kappa shape index (κ1) is 20.2. The molecule has 2 aromatic rings. The molecule has 1 N–H and O–H groups in total. The van der Waals surface area contributed by atoms with Crippen LogP contribution in [-0.4, -0.2) is 53.7 Å². The maximum absolute atomic E-state index is 11.7. The summed E-state index contributed by atoms with van der Waals surface area (Å²) in [5.74, 6) is -0.263. The first-order valence-corrected chi connectivity index (χ1v) is 11.8. The first-order valence-electron chi connectivity index (χ1n) is 10.5. The Bertz CT molecular complexity index is 971. The van der Waals surface area contributed by atoms with Crippen molar-refractivity contribution < 1.29 is 14.6 Å². The lowest BCUT2D eigenvalue weighted by Gasteiger charge is -2.40. The van der Waals surface area contributed by atoms with Crippen molar-refractivity contribution >= 4 is 34.0 Å². The molecule has 0 saturated carbocycles. The number of hydrogen-bond acceptors (Lipinski definition) is 7. The van der Waals surface area contributed by atoms with Crippen LogP contribution in [-0.2, 0) is 11.3 Å². The predicted molar refractivity (Wildman–Crippen MR) is 117 cm³/mol. The number of halogens is 1. The van der Waals surface area contributed by atoms with Gasteiger partial charge in [0.15, 0.2) is 5.13 Å². The summed E-state index contributed by atoms with van der Waals surface area (Å²) in [5.41, 5.74) is 3.78. The molecular formula is C22H26ClN3O3S. The Hall–Kier alpha value is -1.67. The summed E-state index contributed by atoms with van der Waals surface area (Å²) in [7, 11) is 0. The normalized spacial score (nSPS) is 21.8. The van der Waals surface area contributed by atoms with Crippen LogP contribution in [0.15, 0.2) is 17.5 Å². The zero-order valence-electron chi connectivity index (χ0n) is 17.1. The number of esters is 1. The molecule has 0 bridgehead atoms. The molecule has 0 aliphatic carbocycles. The monoisotopic (exact) mass is 447 g/mol. The fourth-order valence-corrected chi connectivity index (χ4v) is 6.15. The minimum atomic E-state index is -0.558. The zero-order chi connectivity index (χ0) is 20.9. The van der Waals surface area contributed by atoms with Gasteiger partial charge in [-0.25, -0.2) is 9.78 Å². The fourth-order valence-electron chi connectivity index (χ4n) is 5.18. The summed E-state index contributed by atoms with van der Waals surface area (Å²) in [6.07, 6.45) is 2.91. The van der Waals surface area contributed by atoms with Crippen molar-refractivity contribution in [1.82, 2.24) is 9.88 Å². The highest BCUT2D eigenvalue weighted by atomic mass is 35.5. The van der Waals surface area contributed by atoms with E-state index < -0.39 is 6.10 Å². The molecule has 2 fully saturated rings. The molecule has 160 valence electrons. The van der Waals surface area contributed by atoms with Gasteiger partial charge in [0, 0.05) is 30.6 Å². The molecule has 1 atom stereocenters. The number of cyclic esters (lactones) is 1. The van der Waals surface area contributed by atoms with Gasteiger partial charge in [-0.1, -0.05) is 17.7 Å². The van der Waals surface area contributed by atoms with Gasteiger partial charge >= 0.3 is 5.97 Å². The number of carbonyl (C=O) groups excluding carboxylic acids is 1. The lowest BCUT2D eigenvalue weighted by atomic mass is 9.77. The van der Waals surface area contributed by atoms with E-state index in [2.05, 4.69) is 14.8 Å². The van der Waals surface area contributed by atoms with Crippen LogP contribution >= 0.6 is 22.9 Å². The summed E-state index contributed by atoms with van der Waals surface area (Å²) >= 11 is 7.62. The zero-order valence-corrected chi connectivity index (χ0v) is 18.6. The lowest BCUT2D eigenvalue weighted by molar-refractivity contribution is 0.0534. The number of nitrogens with zero attached hydrogens (tertiary/aromatic N) is 3. The highest BCUT2D eigenvalue weighted by Crippen LogP contribution is 2.43. The molecule has 3 aliphatic rings. The average Bonchev–Trinajstić information content (AvgIpc) is 3.44. The Morgan fingerprint density at radius 3 is 2.80 bits per heavy atom. The molecule has 6 nitrogen and oxygen atoms in total. The van der Waals surface area contributed by atoms with E-state index in [4.69, 9.17) is 16.3 Å². The van der Waals surface area contributed by atoms with Crippen molar-refractivity contribution in [2.45, 2.75) is 38.9 Å². The van der Waals surface area contributed by atoms with Crippen LogP contribution in [0.25, 0.3) is 0 Å². The Morgan fingerprint density at radius 1 is 1.30 bits per heavy atom. The molecule has 5 rings (SSSR count). The van der Waals surface area contributed by atoms with Gasteiger partial charge in [0.05, 0.1) is 11.7 Å². The predicted octanol–water partition coefficient (Wildman–Crippen LogP) is 3.80. The second-order valence-corrected chi connectivity index (χ2v) is 10.0. The second kappa shape index (κ2) is 7.79. The van der Waals surface area contributed by atoms with E-state index in [-0.39, 0.29) is 5.97 Å². The number of ether oxygens (including phenoxy) is 1. The lowest BCUT2D eigenvalue weighted by Crippen LogP contribution is -2.43. The summed E-state index contributed by atoms with van der Waals surface area (Å²) in [6, 6.07) is 3.67. The fraction of sp³-hybridized carbons (Fsp3) is 0.545. The van der Waals surface area contributed by atoms with Gasteiger partial charge in [0.1, 0.15) is 11.8 Å². The molecule has 1 aromatic carbocycles. The van der Waals surface area contributed by atoms with E-state index in [1.54, 1.807) is 17.4 Å². The number of piperidine rings is 1. The highest BCUT2D eigenvalue weighted by Gasteiger charge is 2.41. The third-order valence-corrected chi connectivity index (χ3v) is 8.31. The Morgan fingerprint density at radius 2 is 2.07 bits per heavy atom. The van der Waals surface area contributed by atoms with E-state index in [9.17, 15) is 9.90 Å². The number of carbonyl (C=O) groups is 1. The number of thiazole rings is 1. The number of rotatable bonds is 4. The highest BCUT2D eigenvalue weighted by molar-refractivity contribution is 7.14. The van der Waals surface area contributed by atoms with Gasteiger partial charge in [-0.15, -0.1) is 11.3 Å². The van der Waals surface area contributed by atoms with Gasteiger partial charge < -0.3 is 19.6 Å². The summed E-state index contributed by atoms with van der Waals surface area (Å²) in [6.45, 7) is 6.99. The number of benzene rings is 1. The van der Waals surface area contributed by atoms with Crippen molar-refractivity contribution in [3.05, 3.63) is 44.9 Å². The van der Waals surface area contributed by atoms with E-state index in [1.165, 1.54) is 6.42 Å². The van der Waals surface area contributed by atoms with Gasteiger partial charge in [-0.2, -0.15) is 0 Å².